The zero-order valence-corrected chi connectivity index (χ0v) is 12.7. The SMILES string of the molecule is Cc1nc(CNc2nccc(CNC(C)(C)C)c2F)no1. The van der Waals surface area contributed by atoms with Crippen LogP contribution in [0.1, 0.15) is 38.0 Å². The fraction of sp³-hybridized carbons (Fsp3) is 0.500. The molecule has 0 amide bonds. The average molecular weight is 293 g/mol. The van der Waals surface area contributed by atoms with Gasteiger partial charge in [-0.3, -0.25) is 0 Å². The third-order valence-electron chi connectivity index (χ3n) is 2.76. The summed E-state index contributed by atoms with van der Waals surface area (Å²) in [5, 5.41) is 9.87. The topological polar surface area (TPSA) is 75.9 Å². The van der Waals surface area contributed by atoms with E-state index in [4.69, 9.17) is 4.52 Å². The molecule has 2 rings (SSSR count). The summed E-state index contributed by atoms with van der Waals surface area (Å²) in [4.78, 5) is 8.05. The maximum Gasteiger partial charge on any atom is 0.223 e. The summed E-state index contributed by atoms with van der Waals surface area (Å²) in [6.07, 6.45) is 1.58. The Balaban J connectivity index is 2.03. The maximum atomic E-state index is 14.3. The number of pyridine rings is 1. The van der Waals surface area contributed by atoms with Crippen molar-refractivity contribution in [1.29, 1.82) is 0 Å². The first kappa shape index (κ1) is 15.4. The van der Waals surface area contributed by atoms with Crippen LogP contribution in [0.15, 0.2) is 16.8 Å². The average Bonchev–Trinajstić information content (AvgIpc) is 2.81. The van der Waals surface area contributed by atoms with Gasteiger partial charge in [0.25, 0.3) is 0 Å². The van der Waals surface area contributed by atoms with E-state index in [1.807, 2.05) is 20.8 Å². The van der Waals surface area contributed by atoms with Crippen molar-refractivity contribution < 1.29 is 8.91 Å². The van der Waals surface area contributed by atoms with E-state index >= 15 is 0 Å². The van der Waals surface area contributed by atoms with Gasteiger partial charge < -0.3 is 15.2 Å². The molecule has 0 saturated heterocycles. The highest BCUT2D eigenvalue weighted by Crippen LogP contribution is 2.16. The van der Waals surface area contributed by atoms with Crippen LogP contribution >= 0.6 is 0 Å². The van der Waals surface area contributed by atoms with Crippen molar-refractivity contribution >= 4 is 5.82 Å². The maximum absolute atomic E-state index is 14.3. The first-order valence-electron chi connectivity index (χ1n) is 6.76. The smallest absolute Gasteiger partial charge is 0.223 e. The minimum atomic E-state index is -0.366. The van der Waals surface area contributed by atoms with Crippen molar-refractivity contribution in [3.05, 3.63) is 35.4 Å². The highest BCUT2D eigenvalue weighted by atomic mass is 19.1. The number of aryl methyl sites for hydroxylation is 1. The van der Waals surface area contributed by atoms with Gasteiger partial charge >= 0.3 is 0 Å². The molecule has 0 aromatic carbocycles. The molecule has 0 spiro atoms. The Morgan fingerprint density at radius 2 is 2.05 bits per heavy atom. The van der Waals surface area contributed by atoms with Crippen LogP contribution in [0.25, 0.3) is 0 Å². The van der Waals surface area contributed by atoms with Crippen molar-refractivity contribution in [2.24, 2.45) is 0 Å². The van der Waals surface area contributed by atoms with Crippen molar-refractivity contribution in [3.8, 4) is 0 Å². The number of nitrogens with one attached hydrogen (secondary N) is 2. The standard InChI is InChI=1S/C14H20FN5O/c1-9-19-11(20-21-9)8-17-13-12(15)10(5-6-16-13)7-18-14(2,3)4/h5-6,18H,7-8H2,1-4H3,(H,16,17). The zero-order valence-electron chi connectivity index (χ0n) is 12.7. The Hall–Kier alpha value is -2.02. The van der Waals surface area contributed by atoms with Crippen LogP contribution in [0.4, 0.5) is 10.2 Å². The minimum Gasteiger partial charge on any atom is -0.360 e. The van der Waals surface area contributed by atoms with E-state index in [9.17, 15) is 4.39 Å². The molecule has 114 valence electrons. The number of hydrogen-bond acceptors (Lipinski definition) is 6. The van der Waals surface area contributed by atoms with Gasteiger partial charge in [0.05, 0.1) is 6.54 Å². The van der Waals surface area contributed by atoms with Crippen LogP contribution in [-0.4, -0.2) is 20.7 Å². The van der Waals surface area contributed by atoms with Gasteiger partial charge in [0.15, 0.2) is 17.5 Å². The molecule has 0 aliphatic rings. The summed E-state index contributed by atoms with van der Waals surface area (Å²) in [7, 11) is 0. The minimum absolute atomic E-state index is 0.0779. The number of halogens is 1. The van der Waals surface area contributed by atoms with Gasteiger partial charge in [-0.2, -0.15) is 4.98 Å². The molecule has 0 bridgehead atoms. The van der Waals surface area contributed by atoms with Crippen LogP contribution in [0, 0.1) is 12.7 Å². The molecular formula is C14H20FN5O. The molecule has 21 heavy (non-hydrogen) atoms. The van der Waals surface area contributed by atoms with Gasteiger partial charge in [-0.1, -0.05) is 5.16 Å². The molecule has 0 atom stereocenters. The molecule has 0 aliphatic heterocycles. The normalized spacial score (nSPS) is 11.7. The van der Waals surface area contributed by atoms with Gasteiger partial charge in [-0.25, -0.2) is 9.37 Å². The Kier molecular flexibility index (Phi) is 4.52. The van der Waals surface area contributed by atoms with Gasteiger partial charge in [0.2, 0.25) is 5.89 Å². The molecule has 2 aromatic rings. The molecule has 7 heteroatoms. The molecule has 2 aromatic heterocycles. The number of anilines is 1. The van der Waals surface area contributed by atoms with Crippen molar-refractivity contribution in [3.63, 3.8) is 0 Å². The Labute approximate surface area is 123 Å². The van der Waals surface area contributed by atoms with E-state index in [0.717, 1.165) is 0 Å². The summed E-state index contributed by atoms with van der Waals surface area (Å²) < 4.78 is 19.2. The third kappa shape index (κ3) is 4.49. The van der Waals surface area contributed by atoms with E-state index < -0.39 is 0 Å². The lowest BCUT2D eigenvalue weighted by Gasteiger charge is -2.21. The summed E-state index contributed by atoms with van der Waals surface area (Å²) in [6, 6.07) is 1.66. The highest BCUT2D eigenvalue weighted by molar-refractivity contribution is 5.40. The lowest BCUT2D eigenvalue weighted by atomic mass is 10.1. The second kappa shape index (κ2) is 6.17. The van der Waals surface area contributed by atoms with Crippen molar-refractivity contribution in [2.75, 3.05) is 5.32 Å². The third-order valence-corrected chi connectivity index (χ3v) is 2.76. The largest absolute Gasteiger partial charge is 0.360 e. The van der Waals surface area contributed by atoms with Crippen molar-refractivity contribution in [2.45, 2.75) is 46.3 Å². The highest BCUT2D eigenvalue weighted by Gasteiger charge is 2.14. The summed E-state index contributed by atoms with van der Waals surface area (Å²) in [5.41, 5.74) is 0.484. The first-order chi connectivity index (χ1) is 9.85. The Bertz CT molecular complexity index is 606. The molecule has 0 radical (unpaired) electrons. The lowest BCUT2D eigenvalue weighted by Crippen LogP contribution is -2.35. The molecule has 2 heterocycles. The van der Waals surface area contributed by atoms with Gasteiger partial charge in [-0.05, 0) is 26.8 Å². The van der Waals surface area contributed by atoms with E-state index in [2.05, 4.69) is 25.8 Å². The van der Waals surface area contributed by atoms with Gasteiger partial charge in [0.1, 0.15) is 0 Å². The first-order valence-corrected chi connectivity index (χ1v) is 6.76. The molecule has 0 unspecified atom stereocenters. The second-order valence-electron chi connectivity index (χ2n) is 5.82. The Morgan fingerprint density at radius 1 is 1.29 bits per heavy atom. The predicted molar refractivity (Wildman–Crippen MR) is 77.1 cm³/mol. The molecule has 0 saturated carbocycles. The number of hydrogen-bond donors (Lipinski definition) is 2. The predicted octanol–water partition coefficient (Wildman–Crippen LogP) is 2.41. The van der Waals surface area contributed by atoms with Crippen LogP contribution in [0.3, 0.4) is 0 Å². The molecule has 0 aliphatic carbocycles. The molecule has 2 N–H and O–H groups in total. The fourth-order valence-electron chi connectivity index (χ4n) is 1.68. The molecule has 6 nitrogen and oxygen atoms in total. The van der Waals surface area contributed by atoms with Crippen LogP contribution in [-0.2, 0) is 13.1 Å². The fourth-order valence-corrected chi connectivity index (χ4v) is 1.68. The quantitative estimate of drug-likeness (QED) is 0.881. The second-order valence-corrected chi connectivity index (χ2v) is 5.82. The van der Waals surface area contributed by atoms with Gasteiger partial charge in [0, 0.05) is 30.8 Å². The van der Waals surface area contributed by atoms with E-state index in [1.165, 1.54) is 0 Å². The number of aromatic nitrogens is 3. The number of rotatable bonds is 5. The lowest BCUT2D eigenvalue weighted by molar-refractivity contribution is 0.388. The van der Waals surface area contributed by atoms with Crippen LogP contribution in [0.5, 0.6) is 0 Å². The summed E-state index contributed by atoms with van der Waals surface area (Å²) >= 11 is 0. The summed E-state index contributed by atoms with van der Waals surface area (Å²) in [5.74, 6) is 0.760. The van der Waals surface area contributed by atoms with E-state index in [0.29, 0.717) is 23.8 Å². The van der Waals surface area contributed by atoms with E-state index in [-0.39, 0.29) is 23.7 Å². The summed E-state index contributed by atoms with van der Waals surface area (Å²) in [6.45, 7) is 8.50. The van der Waals surface area contributed by atoms with Crippen LogP contribution < -0.4 is 10.6 Å². The molecule has 0 fully saturated rings. The number of nitrogens with zero attached hydrogens (tertiary/aromatic N) is 3. The van der Waals surface area contributed by atoms with Crippen molar-refractivity contribution in [1.82, 2.24) is 20.4 Å². The zero-order chi connectivity index (χ0) is 15.5. The Morgan fingerprint density at radius 3 is 2.67 bits per heavy atom. The monoisotopic (exact) mass is 293 g/mol. The van der Waals surface area contributed by atoms with Gasteiger partial charge in [-0.15, -0.1) is 0 Å². The van der Waals surface area contributed by atoms with Crippen LogP contribution in [0.2, 0.25) is 0 Å². The molecular weight excluding hydrogens is 273 g/mol. The van der Waals surface area contributed by atoms with E-state index in [1.54, 1.807) is 19.2 Å².